The number of benzene rings is 1. The highest BCUT2D eigenvalue weighted by Gasteiger charge is 2.22. The van der Waals surface area contributed by atoms with Crippen molar-refractivity contribution < 1.29 is 9.53 Å². The van der Waals surface area contributed by atoms with Gasteiger partial charge in [-0.25, -0.2) is 14.3 Å². The first kappa shape index (κ1) is 18.3. The topological polar surface area (TPSA) is 115 Å². The van der Waals surface area contributed by atoms with Gasteiger partial charge < -0.3 is 4.74 Å². The lowest BCUT2D eigenvalue weighted by atomic mass is 10.1. The molecular weight excluding hydrogens is 372 g/mol. The van der Waals surface area contributed by atoms with E-state index in [2.05, 4.69) is 15.2 Å². The van der Waals surface area contributed by atoms with Gasteiger partial charge in [-0.1, -0.05) is 17.7 Å². The van der Waals surface area contributed by atoms with Crippen LogP contribution in [0.2, 0.25) is 0 Å². The van der Waals surface area contributed by atoms with Gasteiger partial charge in [0.2, 0.25) is 0 Å². The molecule has 0 aliphatic carbocycles. The number of rotatable bonds is 4. The van der Waals surface area contributed by atoms with Gasteiger partial charge in [-0.2, -0.15) is 20.1 Å². The number of pyridine rings is 1. The van der Waals surface area contributed by atoms with E-state index in [4.69, 9.17) is 10.00 Å². The molecule has 9 nitrogen and oxygen atoms in total. The summed E-state index contributed by atoms with van der Waals surface area (Å²) in [5, 5.41) is 17.9. The minimum Gasteiger partial charge on any atom is -0.461 e. The Morgan fingerprint density at radius 1 is 1.21 bits per heavy atom. The summed E-state index contributed by atoms with van der Waals surface area (Å²) in [6, 6.07) is 10.8. The molecule has 0 saturated carbocycles. The highest BCUT2D eigenvalue weighted by molar-refractivity contribution is 6.06. The second-order valence-electron chi connectivity index (χ2n) is 6.36. The molecule has 4 rings (SSSR count). The van der Waals surface area contributed by atoms with Crippen LogP contribution in [0.25, 0.3) is 22.1 Å². The van der Waals surface area contributed by atoms with E-state index in [1.54, 1.807) is 31.3 Å². The Morgan fingerprint density at radius 2 is 1.97 bits per heavy atom. The van der Waals surface area contributed by atoms with Crippen molar-refractivity contribution in [2.24, 2.45) is 0 Å². The third-order valence-electron chi connectivity index (χ3n) is 4.40. The van der Waals surface area contributed by atoms with E-state index in [-0.39, 0.29) is 35.6 Å². The minimum absolute atomic E-state index is 0.00510. The first-order chi connectivity index (χ1) is 14.0. The Hall–Kier alpha value is -4.06. The summed E-state index contributed by atoms with van der Waals surface area (Å²) in [4.78, 5) is 30.2. The van der Waals surface area contributed by atoms with Crippen molar-refractivity contribution in [1.29, 1.82) is 5.26 Å². The average molecular weight is 388 g/mol. The fraction of sp³-hybridized carbons (Fsp3) is 0.200. The van der Waals surface area contributed by atoms with Crippen LogP contribution in [0.15, 0.2) is 41.3 Å². The molecule has 144 valence electrons. The summed E-state index contributed by atoms with van der Waals surface area (Å²) in [6.45, 7) is 3.80. The van der Waals surface area contributed by atoms with Crippen molar-refractivity contribution >= 4 is 22.4 Å². The van der Waals surface area contributed by atoms with Gasteiger partial charge in [-0.3, -0.25) is 4.79 Å². The van der Waals surface area contributed by atoms with Crippen LogP contribution in [0.5, 0.6) is 0 Å². The highest BCUT2D eigenvalue weighted by Crippen LogP contribution is 2.20. The lowest BCUT2D eigenvalue weighted by Crippen LogP contribution is -2.26. The fourth-order valence-electron chi connectivity index (χ4n) is 3.06. The Balaban J connectivity index is 2.10. The smallest absolute Gasteiger partial charge is 0.359 e. The molecule has 9 heteroatoms. The number of hydrogen-bond acceptors (Lipinski definition) is 7. The number of aryl methyl sites for hydroxylation is 1. The third-order valence-corrected chi connectivity index (χ3v) is 4.40. The van der Waals surface area contributed by atoms with Crippen LogP contribution in [-0.2, 0) is 11.2 Å². The maximum absolute atomic E-state index is 13.3. The Morgan fingerprint density at radius 3 is 2.66 bits per heavy atom. The molecule has 0 N–H and O–H groups in total. The normalized spacial score (nSPS) is 10.9. The van der Waals surface area contributed by atoms with Crippen LogP contribution in [0, 0.1) is 18.3 Å². The van der Waals surface area contributed by atoms with Crippen molar-refractivity contribution in [1.82, 2.24) is 24.4 Å². The second-order valence-corrected chi connectivity index (χ2v) is 6.36. The maximum atomic E-state index is 13.3. The number of esters is 1. The maximum Gasteiger partial charge on any atom is 0.359 e. The van der Waals surface area contributed by atoms with E-state index in [0.717, 1.165) is 10.2 Å². The number of fused-ring (bicyclic) bond motifs is 3. The molecule has 0 fully saturated rings. The van der Waals surface area contributed by atoms with Gasteiger partial charge in [0.05, 0.1) is 30.2 Å². The zero-order valence-electron chi connectivity index (χ0n) is 15.8. The highest BCUT2D eigenvalue weighted by atomic mass is 16.5. The molecule has 1 aromatic carbocycles. The van der Waals surface area contributed by atoms with E-state index in [1.165, 1.54) is 4.52 Å². The first-order valence-electron chi connectivity index (χ1n) is 8.96. The second kappa shape index (κ2) is 7.16. The molecule has 4 aromatic rings. The van der Waals surface area contributed by atoms with Gasteiger partial charge in [0.15, 0.2) is 17.2 Å². The molecule has 0 amide bonds. The molecule has 0 bridgehead atoms. The van der Waals surface area contributed by atoms with E-state index >= 15 is 0 Å². The molecule has 3 heterocycles. The van der Waals surface area contributed by atoms with Crippen LogP contribution in [0.1, 0.15) is 28.8 Å². The fourth-order valence-corrected chi connectivity index (χ4v) is 3.06. The summed E-state index contributed by atoms with van der Waals surface area (Å²) >= 11 is 0. The summed E-state index contributed by atoms with van der Waals surface area (Å²) < 4.78 is 7.72. The van der Waals surface area contributed by atoms with Crippen LogP contribution in [0.3, 0.4) is 0 Å². The third kappa shape index (κ3) is 3.10. The molecule has 0 radical (unpaired) electrons. The number of carbonyl (C=O) groups excluding carboxylic acids is 1. The van der Waals surface area contributed by atoms with E-state index in [0.29, 0.717) is 11.1 Å². The molecule has 0 saturated heterocycles. The lowest BCUT2D eigenvalue weighted by molar-refractivity contribution is 0.0520. The average Bonchev–Trinajstić information content (AvgIpc) is 3.12. The summed E-state index contributed by atoms with van der Waals surface area (Å²) in [7, 11) is 0. The Kier molecular flexibility index (Phi) is 4.52. The predicted octanol–water partition coefficient (Wildman–Crippen LogP) is 1.98. The molecule has 0 unspecified atom stereocenters. The predicted molar refractivity (Wildman–Crippen MR) is 104 cm³/mol. The molecule has 3 aromatic heterocycles. The van der Waals surface area contributed by atoms with Crippen LogP contribution < -0.4 is 5.56 Å². The van der Waals surface area contributed by atoms with Crippen molar-refractivity contribution in [2.75, 3.05) is 6.61 Å². The summed E-state index contributed by atoms with van der Waals surface area (Å²) in [5.41, 5.74) is 1.35. The number of aromatic nitrogens is 5. The van der Waals surface area contributed by atoms with Gasteiger partial charge >= 0.3 is 5.97 Å². The SMILES string of the molecule is CCOC(=O)c1nn(-c2ccc(C)cc2)c(=O)c2c1ccn1nc(CC#N)nc21. The molecule has 0 aliphatic heterocycles. The molecule has 29 heavy (non-hydrogen) atoms. The number of ether oxygens (including phenoxy) is 1. The molecular formula is C20H16N6O3. The Bertz CT molecular complexity index is 1350. The lowest BCUT2D eigenvalue weighted by Gasteiger charge is -2.11. The van der Waals surface area contributed by atoms with Crippen molar-refractivity contribution in [3.63, 3.8) is 0 Å². The molecule has 0 spiro atoms. The quantitative estimate of drug-likeness (QED) is 0.491. The van der Waals surface area contributed by atoms with Gasteiger partial charge in [0.1, 0.15) is 0 Å². The van der Waals surface area contributed by atoms with Crippen LogP contribution >= 0.6 is 0 Å². The van der Waals surface area contributed by atoms with Crippen molar-refractivity contribution in [3.05, 3.63) is 64.0 Å². The standard InChI is InChI=1S/C20H16N6O3/c1-3-29-20(28)17-14-9-11-25-18(22-15(23-25)8-10-21)16(14)19(27)26(24-17)13-6-4-12(2)5-7-13/h4-7,9,11H,3,8H2,1-2H3. The minimum atomic E-state index is -0.639. The zero-order valence-corrected chi connectivity index (χ0v) is 15.8. The number of carbonyl (C=O) groups is 1. The molecule has 0 aliphatic rings. The van der Waals surface area contributed by atoms with Gasteiger partial charge in [-0.15, -0.1) is 0 Å². The number of hydrogen-bond donors (Lipinski definition) is 0. The zero-order chi connectivity index (χ0) is 20.5. The van der Waals surface area contributed by atoms with Crippen LogP contribution in [-0.4, -0.2) is 37.0 Å². The van der Waals surface area contributed by atoms with E-state index < -0.39 is 11.5 Å². The van der Waals surface area contributed by atoms with Crippen molar-refractivity contribution in [2.45, 2.75) is 20.3 Å². The number of nitriles is 1. The summed E-state index contributed by atoms with van der Waals surface area (Å²) in [5.74, 6) is -0.352. The monoisotopic (exact) mass is 388 g/mol. The van der Waals surface area contributed by atoms with Gasteiger partial charge in [0.25, 0.3) is 5.56 Å². The Labute approximate surface area is 164 Å². The van der Waals surface area contributed by atoms with E-state index in [1.807, 2.05) is 25.1 Å². The first-order valence-corrected chi connectivity index (χ1v) is 8.96. The number of nitrogens with zero attached hydrogens (tertiary/aromatic N) is 6. The summed E-state index contributed by atoms with van der Waals surface area (Å²) in [6.07, 6.45) is 1.58. The van der Waals surface area contributed by atoms with Gasteiger partial charge in [-0.05, 0) is 32.0 Å². The van der Waals surface area contributed by atoms with Crippen molar-refractivity contribution in [3.8, 4) is 11.8 Å². The van der Waals surface area contributed by atoms with Gasteiger partial charge in [0, 0.05) is 11.6 Å². The largest absolute Gasteiger partial charge is 0.461 e. The van der Waals surface area contributed by atoms with Crippen LogP contribution in [0.4, 0.5) is 0 Å². The van der Waals surface area contributed by atoms with E-state index in [9.17, 15) is 9.59 Å². The molecule has 0 atom stereocenters.